The maximum Gasteiger partial charge on any atom is 0.0972 e. The van der Waals surface area contributed by atoms with Crippen molar-refractivity contribution in [2.75, 3.05) is 0 Å². The molecule has 1 aliphatic rings. The molecular weight excluding hydrogens is 172 g/mol. The van der Waals surface area contributed by atoms with Crippen LogP contribution >= 0.6 is 0 Å². The monoisotopic (exact) mass is 188 g/mol. The second-order valence-electron chi connectivity index (χ2n) is 3.94. The van der Waals surface area contributed by atoms with Gasteiger partial charge >= 0.3 is 0 Å². The van der Waals surface area contributed by atoms with Crippen molar-refractivity contribution < 1.29 is 0 Å². The van der Waals surface area contributed by atoms with Crippen molar-refractivity contribution >= 4 is 5.84 Å². The Kier molecular flexibility index (Phi) is 2.53. The van der Waals surface area contributed by atoms with Gasteiger partial charge in [0.1, 0.15) is 0 Å². The molecule has 0 atom stereocenters. The number of nitrogens with two attached hydrogens (primary N) is 1. The highest BCUT2D eigenvalue weighted by atomic mass is 14.9. The number of rotatable bonds is 3. The first-order valence-corrected chi connectivity index (χ1v) is 5.11. The zero-order valence-electron chi connectivity index (χ0n) is 8.53. The minimum atomic E-state index is 0.582. The van der Waals surface area contributed by atoms with E-state index < -0.39 is 0 Å². The molecule has 0 heterocycles. The van der Waals surface area contributed by atoms with Crippen LogP contribution in [-0.4, -0.2) is 5.84 Å². The number of amidine groups is 1. The minimum Gasteiger partial charge on any atom is -0.387 e. The summed E-state index contributed by atoms with van der Waals surface area (Å²) in [6, 6.07) is 8.31. The van der Waals surface area contributed by atoms with Gasteiger partial charge in [0.2, 0.25) is 0 Å². The maximum absolute atomic E-state index is 5.83. The lowest BCUT2D eigenvalue weighted by atomic mass is 10.1. The Bertz CT molecular complexity index is 351. The number of benzene rings is 1. The van der Waals surface area contributed by atoms with Crippen molar-refractivity contribution in [1.82, 2.24) is 0 Å². The van der Waals surface area contributed by atoms with E-state index in [1.165, 1.54) is 24.0 Å². The van der Waals surface area contributed by atoms with E-state index in [-0.39, 0.29) is 0 Å². The van der Waals surface area contributed by atoms with Gasteiger partial charge in [-0.2, -0.15) is 0 Å². The third-order valence-corrected chi connectivity index (χ3v) is 2.69. The van der Waals surface area contributed by atoms with E-state index in [9.17, 15) is 0 Å². The summed E-state index contributed by atoms with van der Waals surface area (Å²) in [5.74, 6) is 1.42. The summed E-state index contributed by atoms with van der Waals surface area (Å²) in [5.41, 5.74) is 8.39. The SMILES string of the molecule is Cc1ccccc1CN=C(N)C1CC1. The molecule has 1 saturated carbocycles. The molecule has 1 fully saturated rings. The van der Waals surface area contributed by atoms with Crippen LogP contribution in [0.3, 0.4) is 0 Å². The Hall–Kier alpha value is -1.31. The van der Waals surface area contributed by atoms with Gasteiger partial charge in [0.15, 0.2) is 0 Å². The quantitative estimate of drug-likeness (QED) is 0.573. The van der Waals surface area contributed by atoms with Gasteiger partial charge in [0.05, 0.1) is 12.4 Å². The molecule has 14 heavy (non-hydrogen) atoms. The van der Waals surface area contributed by atoms with Crippen molar-refractivity contribution in [3.63, 3.8) is 0 Å². The van der Waals surface area contributed by atoms with E-state index in [0.717, 1.165) is 12.4 Å². The van der Waals surface area contributed by atoms with Crippen LogP contribution in [0, 0.1) is 12.8 Å². The average Bonchev–Trinajstić information content (AvgIpc) is 2.99. The molecule has 2 heteroatoms. The summed E-state index contributed by atoms with van der Waals surface area (Å²) in [4.78, 5) is 4.41. The third kappa shape index (κ3) is 2.13. The molecule has 0 radical (unpaired) electrons. The van der Waals surface area contributed by atoms with Gasteiger partial charge in [-0.1, -0.05) is 24.3 Å². The van der Waals surface area contributed by atoms with E-state index in [0.29, 0.717) is 5.92 Å². The van der Waals surface area contributed by atoms with Crippen LogP contribution in [0.4, 0.5) is 0 Å². The van der Waals surface area contributed by atoms with Gasteiger partial charge < -0.3 is 5.73 Å². The van der Waals surface area contributed by atoms with Crippen molar-refractivity contribution in [2.45, 2.75) is 26.3 Å². The molecule has 1 aromatic rings. The Morgan fingerprint density at radius 1 is 1.43 bits per heavy atom. The van der Waals surface area contributed by atoms with Gasteiger partial charge in [-0.25, -0.2) is 0 Å². The number of aryl methyl sites for hydroxylation is 1. The normalized spacial score (nSPS) is 17.1. The van der Waals surface area contributed by atoms with Crippen LogP contribution in [0.25, 0.3) is 0 Å². The van der Waals surface area contributed by atoms with Gasteiger partial charge in [-0.3, -0.25) is 4.99 Å². The second-order valence-corrected chi connectivity index (χ2v) is 3.94. The lowest BCUT2D eigenvalue weighted by molar-refractivity contribution is 1.01. The van der Waals surface area contributed by atoms with E-state index >= 15 is 0 Å². The first-order valence-electron chi connectivity index (χ1n) is 5.11. The molecule has 2 rings (SSSR count). The van der Waals surface area contributed by atoms with Crippen LogP contribution in [0.2, 0.25) is 0 Å². The lowest BCUT2D eigenvalue weighted by Crippen LogP contribution is -2.14. The Balaban J connectivity index is 2.03. The van der Waals surface area contributed by atoms with Crippen molar-refractivity contribution in [3.8, 4) is 0 Å². The molecule has 74 valence electrons. The Morgan fingerprint density at radius 3 is 2.79 bits per heavy atom. The number of hydrogen-bond acceptors (Lipinski definition) is 1. The Morgan fingerprint density at radius 2 is 2.14 bits per heavy atom. The molecule has 0 aliphatic heterocycles. The highest BCUT2D eigenvalue weighted by molar-refractivity contribution is 5.84. The zero-order valence-corrected chi connectivity index (χ0v) is 8.53. The highest BCUT2D eigenvalue weighted by Gasteiger charge is 2.25. The molecular formula is C12H16N2. The van der Waals surface area contributed by atoms with Crippen LogP contribution in [-0.2, 0) is 6.54 Å². The maximum atomic E-state index is 5.83. The van der Waals surface area contributed by atoms with Gasteiger partial charge in [-0.15, -0.1) is 0 Å². The van der Waals surface area contributed by atoms with E-state index in [4.69, 9.17) is 5.73 Å². The number of aliphatic imine (C=N–C) groups is 1. The summed E-state index contributed by atoms with van der Waals surface area (Å²) >= 11 is 0. The third-order valence-electron chi connectivity index (χ3n) is 2.69. The lowest BCUT2D eigenvalue weighted by Gasteiger charge is -2.02. The molecule has 1 aromatic carbocycles. The first kappa shape index (κ1) is 9.25. The van der Waals surface area contributed by atoms with Crippen LogP contribution in [0.5, 0.6) is 0 Å². The summed E-state index contributed by atoms with van der Waals surface area (Å²) < 4.78 is 0. The minimum absolute atomic E-state index is 0.582. The summed E-state index contributed by atoms with van der Waals surface area (Å²) in [7, 11) is 0. The molecule has 0 unspecified atom stereocenters. The zero-order chi connectivity index (χ0) is 9.97. The average molecular weight is 188 g/mol. The number of hydrogen-bond donors (Lipinski definition) is 1. The standard InChI is InChI=1S/C12H16N2/c1-9-4-2-3-5-11(9)8-14-12(13)10-6-7-10/h2-5,10H,6-8H2,1H3,(H2,13,14). The first-order chi connectivity index (χ1) is 6.77. The topological polar surface area (TPSA) is 38.4 Å². The van der Waals surface area contributed by atoms with Gasteiger partial charge in [-0.05, 0) is 30.9 Å². The van der Waals surface area contributed by atoms with Gasteiger partial charge in [0.25, 0.3) is 0 Å². The molecule has 2 nitrogen and oxygen atoms in total. The molecule has 0 aromatic heterocycles. The fourth-order valence-electron chi connectivity index (χ4n) is 1.47. The van der Waals surface area contributed by atoms with Crippen LogP contribution < -0.4 is 5.73 Å². The smallest absolute Gasteiger partial charge is 0.0972 e. The largest absolute Gasteiger partial charge is 0.387 e. The van der Waals surface area contributed by atoms with Crippen molar-refractivity contribution in [1.29, 1.82) is 0 Å². The molecule has 0 spiro atoms. The molecule has 0 saturated heterocycles. The summed E-state index contributed by atoms with van der Waals surface area (Å²) in [6.45, 7) is 2.84. The molecule has 0 bridgehead atoms. The molecule has 2 N–H and O–H groups in total. The number of nitrogens with zero attached hydrogens (tertiary/aromatic N) is 1. The van der Waals surface area contributed by atoms with Crippen molar-refractivity contribution in [3.05, 3.63) is 35.4 Å². The van der Waals surface area contributed by atoms with Crippen LogP contribution in [0.15, 0.2) is 29.3 Å². The fourth-order valence-corrected chi connectivity index (χ4v) is 1.47. The van der Waals surface area contributed by atoms with Gasteiger partial charge in [0, 0.05) is 5.92 Å². The fraction of sp³-hybridized carbons (Fsp3) is 0.417. The highest BCUT2D eigenvalue weighted by Crippen LogP contribution is 2.29. The van der Waals surface area contributed by atoms with Crippen molar-refractivity contribution in [2.24, 2.45) is 16.6 Å². The summed E-state index contributed by atoms with van der Waals surface area (Å²) in [6.07, 6.45) is 2.45. The van der Waals surface area contributed by atoms with E-state index in [2.05, 4.69) is 24.0 Å². The van der Waals surface area contributed by atoms with E-state index in [1.54, 1.807) is 0 Å². The predicted molar refractivity (Wildman–Crippen MR) is 59.2 cm³/mol. The molecule has 0 amide bonds. The molecule has 1 aliphatic carbocycles. The van der Waals surface area contributed by atoms with Crippen LogP contribution in [0.1, 0.15) is 24.0 Å². The Labute approximate surface area is 84.9 Å². The van der Waals surface area contributed by atoms with E-state index in [1.807, 2.05) is 12.1 Å². The second kappa shape index (κ2) is 3.82. The summed E-state index contributed by atoms with van der Waals surface area (Å²) in [5, 5.41) is 0. The predicted octanol–water partition coefficient (Wildman–Crippen LogP) is 2.26.